The summed E-state index contributed by atoms with van der Waals surface area (Å²) >= 11 is 0. The molecule has 6 amide bonds. The van der Waals surface area contributed by atoms with Crippen LogP contribution in [0.25, 0.3) is 0 Å². The van der Waals surface area contributed by atoms with Crippen molar-refractivity contribution >= 4 is 41.4 Å². The number of methoxy groups -OCH3 is 5. The van der Waals surface area contributed by atoms with Gasteiger partial charge in [0.2, 0.25) is 23.5 Å². The molecular weight excluding hydrogens is 973 g/mol. The lowest BCUT2D eigenvalue weighted by Gasteiger charge is -2.37. The molecule has 0 radical (unpaired) electrons. The Labute approximate surface area is 435 Å². The highest BCUT2D eigenvalue weighted by molar-refractivity contribution is 6.24. The molecule has 2 saturated heterocycles. The first-order chi connectivity index (χ1) is 36.3. The molecular formula is C55H64N4O16. The zero-order valence-corrected chi connectivity index (χ0v) is 43.1. The largest absolute Gasteiger partial charge is 0.493 e. The molecule has 0 aliphatic carbocycles. The van der Waals surface area contributed by atoms with Gasteiger partial charge in [-0.2, -0.15) is 0 Å². The molecule has 75 heavy (non-hydrogen) atoms. The number of aryl methyl sites for hydroxylation is 1. The van der Waals surface area contributed by atoms with E-state index in [4.69, 9.17) is 42.6 Å². The van der Waals surface area contributed by atoms with E-state index in [1.54, 1.807) is 67.7 Å². The number of nitrogens with zero attached hydrogens (tertiary/aromatic N) is 2. The third-order valence-corrected chi connectivity index (χ3v) is 13.4. The monoisotopic (exact) mass is 1040 g/mol. The first kappa shape index (κ1) is 54.9. The fourth-order valence-electron chi connectivity index (χ4n) is 9.50. The molecule has 3 aliphatic heterocycles. The number of nitrogens with one attached hydrogen (secondary N) is 2. The number of piperidine rings is 2. The lowest BCUT2D eigenvalue weighted by Crippen LogP contribution is -2.54. The standard InChI is InChI=1S/C55H64N4O16/c1-7-37(35-30-45(69-4)50(71-6)46(31-35)70-5)52(63)58-25-9-8-12-40(58)55(66)75-41(21-14-33-15-22-42(67-2)44(29-33)68-3)34-16-18-36(19-17-34)74-32-48(61)56-24-26-72-27-28-73-43-13-10-11-38-49(43)54(65)59(53(38)64)39-20-23-47(60)57-51(39)62/h10-11,13,15-19,22,29-31,37,39-41H,7-9,12,14,20-21,23-28,32H2,1-6H3,(H,56,61)(H,57,60,62)/t37-,39?,40-,41+/m0/s1. The number of rotatable bonds is 25. The fraction of sp³-hybridized carbons (Fsp3) is 0.436. The van der Waals surface area contributed by atoms with Crippen LogP contribution in [0.1, 0.15) is 101 Å². The zero-order chi connectivity index (χ0) is 53.6. The smallest absolute Gasteiger partial charge is 0.329 e. The van der Waals surface area contributed by atoms with Crippen LogP contribution in [0.3, 0.4) is 0 Å². The van der Waals surface area contributed by atoms with Crippen molar-refractivity contribution in [1.82, 2.24) is 20.4 Å². The molecule has 2 N–H and O–H groups in total. The van der Waals surface area contributed by atoms with Crippen molar-refractivity contribution in [2.75, 3.05) is 75.1 Å². The second kappa shape index (κ2) is 25.9. The molecule has 20 heteroatoms. The lowest BCUT2D eigenvalue weighted by molar-refractivity contribution is -0.162. The number of benzene rings is 4. The van der Waals surface area contributed by atoms with Crippen LogP contribution >= 0.6 is 0 Å². The number of hydrogen-bond acceptors (Lipinski definition) is 16. The minimum Gasteiger partial charge on any atom is -0.493 e. The Morgan fingerprint density at radius 2 is 1.47 bits per heavy atom. The third kappa shape index (κ3) is 12.9. The predicted octanol–water partition coefficient (Wildman–Crippen LogP) is 5.51. The molecule has 4 aromatic carbocycles. The number of esters is 1. The maximum Gasteiger partial charge on any atom is 0.329 e. The molecule has 1 unspecified atom stereocenters. The summed E-state index contributed by atoms with van der Waals surface area (Å²) in [6, 6.07) is 18.8. The Balaban J connectivity index is 0.926. The van der Waals surface area contributed by atoms with Gasteiger partial charge in [0.25, 0.3) is 17.7 Å². The van der Waals surface area contributed by atoms with Crippen molar-refractivity contribution in [3.05, 3.63) is 101 Å². The van der Waals surface area contributed by atoms with Crippen LogP contribution < -0.4 is 43.8 Å². The van der Waals surface area contributed by atoms with Crippen molar-refractivity contribution in [2.45, 2.75) is 82.4 Å². The molecule has 0 spiro atoms. The Kier molecular flexibility index (Phi) is 18.9. The summed E-state index contributed by atoms with van der Waals surface area (Å²) in [5.74, 6) is -1.22. The second-order valence-corrected chi connectivity index (χ2v) is 17.9. The van der Waals surface area contributed by atoms with Crippen LogP contribution in [-0.2, 0) is 39.9 Å². The van der Waals surface area contributed by atoms with Gasteiger partial charge in [0, 0.05) is 19.5 Å². The maximum atomic E-state index is 14.5. The van der Waals surface area contributed by atoms with Crippen LogP contribution in [0.4, 0.5) is 0 Å². The minimum absolute atomic E-state index is 0.00895. The van der Waals surface area contributed by atoms with Gasteiger partial charge in [-0.3, -0.25) is 39.0 Å². The highest BCUT2D eigenvalue weighted by Crippen LogP contribution is 2.42. The van der Waals surface area contributed by atoms with E-state index in [0.717, 1.165) is 23.3 Å². The summed E-state index contributed by atoms with van der Waals surface area (Å²) in [5.41, 5.74) is 2.43. The van der Waals surface area contributed by atoms with Crippen LogP contribution in [-0.4, -0.2) is 138 Å². The molecule has 0 saturated carbocycles. The van der Waals surface area contributed by atoms with Gasteiger partial charge in [0.1, 0.15) is 36.3 Å². The number of carbonyl (C=O) groups is 7. The summed E-state index contributed by atoms with van der Waals surface area (Å²) < 4.78 is 51.2. The summed E-state index contributed by atoms with van der Waals surface area (Å²) in [5, 5.41) is 4.91. The molecule has 3 heterocycles. The Hall–Kier alpha value is -7.87. The molecule has 400 valence electrons. The number of imide groups is 2. The quantitative estimate of drug-likeness (QED) is 0.0473. The number of hydrogen-bond donors (Lipinski definition) is 2. The molecule has 0 bridgehead atoms. The van der Waals surface area contributed by atoms with Gasteiger partial charge in [-0.05, 0) is 110 Å². The molecule has 4 atom stereocenters. The number of ether oxygens (including phenoxy) is 9. The van der Waals surface area contributed by atoms with E-state index in [1.165, 1.54) is 27.4 Å². The lowest BCUT2D eigenvalue weighted by atomic mass is 9.91. The van der Waals surface area contributed by atoms with Crippen molar-refractivity contribution < 1.29 is 76.2 Å². The van der Waals surface area contributed by atoms with Gasteiger partial charge in [-0.15, -0.1) is 0 Å². The van der Waals surface area contributed by atoms with E-state index in [-0.39, 0.29) is 68.6 Å². The number of carbonyl (C=O) groups excluding carboxylic acids is 7. The number of likely N-dealkylation sites (tertiary alicyclic amines) is 1. The van der Waals surface area contributed by atoms with Gasteiger partial charge in [-0.25, -0.2) is 4.79 Å². The van der Waals surface area contributed by atoms with Crippen molar-refractivity contribution in [2.24, 2.45) is 0 Å². The van der Waals surface area contributed by atoms with Gasteiger partial charge >= 0.3 is 5.97 Å². The summed E-state index contributed by atoms with van der Waals surface area (Å²) in [6.45, 7) is 2.44. The minimum atomic E-state index is -1.10. The molecule has 4 aromatic rings. The van der Waals surface area contributed by atoms with Crippen molar-refractivity contribution in [1.29, 1.82) is 0 Å². The summed E-state index contributed by atoms with van der Waals surface area (Å²) in [6.07, 6.45) is 2.59. The van der Waals surface area contributed by atoms with Gasteiger partial charge in [-0.1, -0.05) is 31.2 Å². The fourth-order valence-corrected chi connectivity index (χ4v) is 9.50. The number of fused-ring (bicyclic) bond motifs is 1. The number of amides is 6. The normalized spacial score (nSPS) is 17.0. The Morgan fingerprint density at radius 3 is 2.15 bits per heavy atom. The molecule has 0 aromatic heterocycles. The molecule has 20 nitrogen and oxygen atoms in total. The van der Waals surface area contributed by atoms with Crippen molar-refractivity contribution in [3.63, 3.8) is 0 Å². The van der Waals surface area contributed by atoms with E-state index in [1.807, 2.05) is 25.1 Å². The highest BCUT2D eigenvalue weighted by Gasteiger charge is 2.46. The second-order valence-electron chi connectivity index (χ2n) is 17.9. The first-order valence-corrected chi connectivity index (χ1v) is 24.9. The van der Waals surface area contributed by atoms with E-state index >= 15 is 0 Å². The van der Waals surface area contributed by atoms with Crippen molar-refractivity contribution in [3.8, 4) is 40.2 Å². The third-order valence-electron chi connectivity index (χ3n) is 13.4. The van der Waals surface area contributed by atoms with Gasteiger partial charge in [0.15, 0.2) is 29.6 Å². The zero-order valence-electron chi connectivity index (χ0n) is 43.1. The van der Waals surface area contributed by atoms with E-state index < -0.39 is 59.6 Å². The van der Waals surface area contributed by atoms with E-state index in [9.17, 15) is 33.6 Å². The molecule has 2 fully saturated rings. The van der Waals surface area contributed by atoms with Crippen LogP contribution in [0.5, 0.6) is 40.2 Å². The maximum absolute atomic E-state index is 14.5. The average molecular weight is 1040 g/mol. The first-order valence-electron chi connectivity index (χ1n) is 24.9. The summed E-state index contributed by atoms with van der Waals surface area (Å²) in [7, 11) is 7.68. The SMILES string of the molecule is CC[C@H](C(=O)N1CCCC[C@H]1C(=O)O[C@H](CCc1ccc(OC)c(OC)c1)c1ccc(OCC(=O)NCCOCCOc2cccc3c2C(=O)N(C2CCC(=O)NC2=O)C3=O)cc1)c1cc(OC)c(OC)c(OC)c1. The average Bonchev–Trinajstić information content (AvgIpc) is 3.69. The van der Waals surface area contributed by atoms with Crippen LogP contribution in [0.15, 0.2) is 72.8 Å². The van der Waals surface area contributed by atoms with E-state index in [2.05, 4.69) is 10.6 Å². The molecule has 7 rings (SSSR count). The van der Waals surface area contributed by atoms with Gasteiger partial charge in [0.05, 0.1) is 65.8 Å². The predicted molar refractivity (Wildman–Crippen MR) is 270 cm³/mol. The molecule has 3 aliphatic rings. The van der Waals surface area contributed by atoms with Gasteiger partial charge < -0.3 is 52.8 Å². The van der Waals surface area contributed by atoms with E-state index in [0.29, 0.717) is 77.9 Å². The van der Waals surface area contributed by atoms with Crippen LogP contribution in [0.2, 0.25) is 0 Å². The topological polar surface area (TPSA) is 233 Å². The highest BCUT2D eigenvalue weighted by atomic mass is 16.6. The Morgan fingerprint density at radius 1 is 0.733 bits per heavy atom. The Bertz CT molecular complexity index is 2700. The summed E-state index contributed by atoms with van der Waals surface area (Å²) in [4.78, 5) is 94.6. The van der Waals surface area contributed by atoms with Crippen LogP contribution in [0, 0.1) is 0 Å².